The van der Waals surface area contributed by atoms with Crippen molar-refractivity contribution in [1.29, 1.82) is 0 Å². The average Bonchev–Trinajstić information content (AvgIpc) is 1.78. The number of rotatable bonds is 4. The van der Waals surface area contributed by atoms with Gasteiger partial charge in [0.2, 0.25) is 0 Å². The van der Waals surface area contributed by atoms with Crippen LogP contribution in [-0.4, -0.2) is 30.3 Å². The Hall–Kier alpha value is -0.490. The lowest BCUT2D eigenvalue weighted by Gasteiger charge is -2.05. The topological polar surface area (TPSA) is 49.3 Å². The van der Waals surface area contributed by atoms with Crippen LogP contribution < -0.4 is 5.32 Å². The van der Waals surface area contributed by atoms with Crippen LogP contribution in [0.1, 0.15) is 6.42 Å². The molecule has 0 aromatic rings. The predicted molar refractivity (Wildman–Crippen MR) is 38.4 cm³/mol. The van der Waals surface area contributed by atoms with E-state index >= 15 is 0 Å². The molecule has 0 aliphatic rings. The average molecular weight is 208 g/mol. The third-order valence-electron chi connectivity index (χ3n) is 0.861. The predicted octanol–water partition coefficient (Wildman–Crippen LogP) is 1.03. The highest BCUT2D eigenvalue weighted by atomic mass is 35.5. The summed E-state index contributed by atoms with van der Waals surface area (Å²) in [6.07, 6.45) is -5.22. The SMILES string of the molecule is Cl.O=C(O)CNCCC(F)(F)F. The Morgan fingerprint density at radius 2 is 1.92 bits per heavy atom. The first-order valence-corrected chi connectivity index (χ1v) is 2.91. The van der Waals surface area contributed by atoms with Crippen LogP contribution in [0, 0.1) is 0 Å². The van der Waals surface area contributed by atoms with E-state index in [1.54, 1.807) is 0 Å². The summed E-state index contributed by atoms with van der Waals surface area (Å²) >= 11 is 0. The summed E-state index contributed by atoms with van der Waals surface area (Å²) in [5, 5.41) is 10.1. The largest absolute Gasteiger partial charge is 0.480 e. The molecule has 7 heteroatoms. The Morgan fingerprint density at radius 1 is 1.42 bits per heavy atom. The maximum atomic E-state index is 11.4. The molecule has 0 aliphatic carbocycles. The van der Waals surface area contributed by atoms with Crippen molar-refractivity contribution in [2.24, 2.45) is 0 Å². The fourth-order valence-electron chi connectivity index (χ4n) is 0.425. The van der Waals surface area contributed by atoms with Crippen LogP contribution in [0.15, 0.2) is 0 Å². The lowest BCUT2D eigenvalue weighted by atomic mass is 10.4. The van der Waals surface area contributed by atoms with Crippen LogP contribution in [0.2, 0.25) is 0 Å². The lowest BCUT2D eigenvalue weighted by molar-refractivity contribution is -0.139. The van der Waals surface area contributed by atoms with E-state index in [-0.39, 0.29) is 19.0 Å². The molecule has 0 fully saturated rings. The number of carboxylic acids is 1. The zero-order valence-electron chi connectivity index (χ0n) is 6.02. The molecule has 0 rings (SSSR count). The van der Waals surface area contributed by atoms with Gasteiger partial charge in [0.1, 0.15) is 0 Å². The summed E-state index contributed by atoms with van der Waals surface area (Å²) in [6.45, 7) is -0.786. The van der Waals surface area contributed by atoms with Gasteiger partial charge in [-0.2, -0.15) is 13.2 Å². The van der Waals surface area contributed by atoms with Crippen LogP contribution >= 0.6 is 12.4 Å². The van der Waals surface area contributed by atoms with Crippen molar-refractivity contribution in [2.75, 3.05) is 13.1 Å². The summed E-state index contributed by atoms with van der Waals surface area (Å²) in [7, 11) is 0. The van der Waals surface area contributed by atoms with Gasteiger partial charge in [-0.15, -0.1) is 12.4 Å². The Balaban J connectivity index is 0. The number of hydrogen-bond donors (Lipinski definition) is 2. The summed E-state index contributed by atoms with van der Waals surface area (Å²) < 4.78 is 34.2. The van der Waals surface area contributed by atoms with E-state index in [4.69, 9.17) is 5.11 Å². The van der Waals surface area contributed by atoms with E-state index in [0.717, 1.165) is 0 Å². The first kappa shape index (κ1) is 14.1. The van der Waals surface area contributed by atoms with Gasteiger partial charge in [0.25, 0.3) is 0 Å². The highest BCUT2D eigenvalue weighted by Gasteiger charge is 2.25. The van der Waals surface area contributed by atoms with Gasteiger partial charge in [-0.1, -0.05) is 0 Å². The Bertz CT molecular complexity index is 139. The van der Waals surface area contributed by atoms with Gasteiger partial charge in [-0.25, -0.2) is 0 Å². The minimum Gasteiger partial charge on any atom is -0.480 e. The number of hydrogen-bond acceptors (Lipinski definition) is 2. The van der Waals surface area contributed by atoms with Crippen molar-refractivity contribution in [2.45, 2.75) is 12.6 Å². The van der Waals surface area contributed by atoms with Gasteiger partial charge < -0.3 is 10.4 Å². The van der Waals surface area contributed by atoms with Gasteiger partial charge in [0.05, 0.1) is 13.0 Å². The van der Waals surface area contributed by atoms with Crippen LogP contribution in [0.25, 0.3) is 0 Å². The van der Waals surface area contributed by atoms with Crippen molar-refractivity contribution in [1.82, 2.24) is 5.32 Å². The number of carboxylic acid groups (broad SMARTS) is 1. The molecule has 0 saturated heterocycles. The molecule has 0 bridgehead atoms. The first-order chi connectivity index (χ1) is 4.92. The molecule has 0 radical (unpaired) electrons. The molecular formula is C5H9ClF3NO2. The number of halogens is 4. The second-order valence-electron chi connectivity index (χ2n) is 1.94. The minimum absolute atomic E-state index is 0. The smallest absolute Gasteiger partial charge is 0.390 e. The van der Waals surface area contributed by atoms with Gasteiger partial charge in [-0.05, 0) is 0 Å². The second kappa shape index (κ2) is 6.07. The molecule has 0 aromatic carbocycles. The molecule has 0 aliphatic heterocycles. The standard InChI is InChI=1S/C5H8F3NO2.ClH/c6-5(7,8)1-2-9-3-4(10)11;/h9H,1-3H2,(H,10,11);1H. The Kier molecular flexibility index (Phi) is 7.12. The zero-order chi connectivity index (χ0) is 8.91. The fraction of sp³-hybridized carbons (Fsp3) is 0.800. The summed E-state index contributed by atoms with van der Waals surface area (Å²) in [4.78, 5) is 9.78. The van der Waals surface area contributed by atoms with E-state index in [2.05, 4.69) is 5.32 Å². The summed E-state index contributed by atoms with van der Waals surface area (Å²) in [6, 6.07) is 0. The second-order valence-corrected chi connectivity index (χ2v) is 1.94. The molecule has 74 valence electrons. The first-order valence-electron chi connectivity index (χ1n) is 2.91. The van der Waals surface area contributed by atoms with E-state index in [1.165, 1.54) is 0 Å². The van der Waals surface area contributed by atoms with E-state index in [1.807, 2.05) is 0 Å². The Labute approximate surface area is 73.4 Å². The van der Waals surface area contributed by atoms with Gasteiger partial charge in [0, 0.05) is 6.54 Å². The number of aliphatic carboxylic acids is 1. The normalized spacial score (nSPS) is 10.6. The molecule has 2 N–H and O–H groups in total. The van der Waals surface area contributed by atoms with Crippen LogP contribution in [0.4, 0.5) is 13.2 Å². The fourth-order valence-corrected chi connectivity index (χ4v) is 0.425. The maximum Gasteiger partial charge on any atom is 0.390 e. The summed E-state index contributed by atoms with van der Waals surface area (Å²) in [5.74, 6) is -1.16. The van der Waals surface area contributed by atoms with Crippen molar-refractivity contribution in [3.05, 3.63) is 0 Å². The van der Waals surface area contributed by atoms with E-state index in [9.17, 15) is 18.0 Å². The number of carbonyl (C=O) groups is 1. The van der Waals surface area contributed by atoms with Gasteiger partial charge in [0.15, 0.2) is 0 Å². The van der Waals surface area contributed by atoms with Gasteiger partial charge in [-0.3, -0.25) is 4.79 Å². The third-order valence-corrected chi connectivity index (χ3v) is 0.861. The molecule has 0 saturated carbocycles. The molecule has 12 heavy (non-hydrogen) atoms. The quantitative estimate of drug-likeness (QED) is 0.677. The maximum absolute atomic E-state index is 11.4. The monoisotopic (exact) mass is 207 g/mol. The molecule has 0 amide bonds. The van der Waals surface area contributed by atoms with E-state index < -0.39 is 25.1 Å². The van der Waals surface area contributed by atoms with Gasteiger partial charge >= 0.3 is 12.1 Å². The number of nitrogens with one attached hydrogen (secondary N) is 1. The number of alkyl halides is 3. The van der Waals surface area contributed by atoms with Crippen LogP contribution in [-0.2, 0) is 4.79 Å². The van der Waals surface area contributed by atoms with E-state index in [0.29, 0.717) is 0 Å². The van der Waals surface area contributed by atoms with Crippen LogP contribution in [0.5, 0.6) is 0 Å². The molecule has 3 nitrogen and oxygen atoms in total. The molecule has 0 unspecified atom stereocenters. The van der Waals surface area contributed by atoms with Crippen molar-refractivity contribution < 1.29 is 23.1 Å². The highest BCUT2D eigenvalue weighted by Crippen LogP contribution is 2.17. The zero-order valence-corrected chi connectivity index (χ0v) is 6.84. The van der Waals surface area contributed by atoms with Crippen molar-refractivity contribution in [3.63, 3.8) is 0 Å². The molecule has 0 spiro atoms. The lowest BCUT2D eigenvalue weighted by Crippen LogP contribution is -2.26. The Morgan fingerprint density at radius 3 is 2.25 bits per heavy atom. The van der Waals surface area contributed by atoms with Crippen LogP contribution in [0.3, 0.4) is 0 Å². The van der Waals surface area contributed by atoms with Crippen molar-refractivity contribution in [3.8, 4) is 0 Å². The molecule has 0 heterocycles. The molecular weight excluding hydrogens is 199 g/mol. The highest BCUT2D eigenvalue weighted by molar-refractivity contribution is 5.85. The summed E-state index contributed by atoms with van der Waals surface area (Å²) in [5.41, 5.74) is 0. The minimum atomic E-state index is -4.22. The molecule has 0 atom stereocenters. The van der Waals surface area contributed by atoms with Crippen molar-refractivity contribution >= 4 is 18.4 Å². The third kappa shape index (κ3) is 12.2. The molecule has 0 aromatic heterocycles.